The number of aliphatic hydroxyl groups is 1. The van der Waals surface area contributed by atoms with Gasteiger partial charge in [0.15, 0.2) is 0 Å². The maximum atomic E-state index is 9.36. The molecule has 0 aliphatic carbocycles. The molecule has 1 fully saturated rings. The van der Waals surface area contributed by atoms with E-state index in [0.717, 1.165) is 5.56 Å². The fourth-order valence-electron chi connectivity index (χ4n) is 2.63. The van der Waals surface area contributed by atoms with Crippen molar-refractivity contribution in [1.29, 1.82) is 0 Å². The summed E-state index contributed by atoms with van der Waals surface area (Å²) in [6, 6.07) is 8.33. The summed E-state index contributed by atoms with van der Waals surface area (Å²) in [6.45, 7) is 2.55. The van der Waals surface area contributed by atoms with E-state index in [-0.39, 0.29) is 6.61 Å². The van der Waals surface area contributed by atoms with Crippen LogP contribution < -0.4 is 0 Å². The molecule has 1 aliphatic rings. The Morgan fingerprint density at radius 1 is 1.25 bits per heavy atom. The second-order valence-corrected chi connectivity index (χ2v) is 4.79. The number of aliphatic hydroxyl groups excluding tert-OH is 1. The molecule has 0 aromatic heterocycles. The Bertz CT molecular complexity index is 337. The number of likely N-dealkylation sites (tertiary alicyclic amines) is 1. The van der Waals surface area contributed by atoms with Crippen LogP contribution in [0.15, 0.2) is 24.3 Å². The van der Waals surface area contributed by atoms with E-state index in [4.69, 9.17) is 0 Å². The van der Waals surface area contributed by atoms with Crippen LogP contribution in [0.4, 0.5) is 0 Å². The van der Waals surface area contributed by atoms with Crippen LogP contribution in [-0.2, 0) is 6.61 Å². The van der Waals surface area contributed by atoms with Crippen molar-refractivity contribution in [2.24, 2.45) is 0 Å². The van der Waals surface area contributed by atoms with Crippen LogP contribution in [-0.4, -0.2) is 30.1 Å². The maximum absolute atomic E-state index is 9.36. The van der Waals surface area contributed by atoms with E-state index in [0.29, 0.717) is 5.92 Å². The second-order valence-electron chi connectivity index (χ2n) is 4.79. The van der Waals surface area contributed by atoms with Gasteiger partial charge in [-0.25, -0.2) is 0 Å². The zero-order chi connectivity index (χ0) is 11.4. The average molecular weight is 219 g/mol. The SMILES string of the molecule is CN1CCCC(c2ccccc2CO)CC1. The Labute approximate surface area is 97.9 Å². The smallest absolute Gasteiger partial charge is 0.0684 e. The summed E-state index contributed by atoms with van der Waals surface area (Å²) >= 11 is 0. The molecule has 2 rings (SSSR count). The largest absolute Gasteiger partial charge is 0.392 e. The van der Waals surface area contributed by atoms with E-state index < -0.39 is 0 Å². The van der Waals surface area contributed by atoms with E-state index in [1.54, 1.807) is 0 Å². The van der Waals surface area contributed by atoms with Gasteiger partial charge in [-0.05, 0) is 56.4 Å². The zero-order valence-corrected chi connectivity index (χ0v) is 10.0. The molecule has 0 radical (unpaired) electrons. The topological polar surface area (TPSA) is 23.5 Å². The third-order valence-corrected chi connectivity index (χ3v) is 3.62. The highest BCUT2D eigenvalue weighted by molar-refractivity contribution is 5.30. The van der Waals surface area contributed by atoms with Crippen LogP contribution >= 0.6 is 0 Å². The Kier molecular flexibility index (Phi) is 3.97. The van der Waals surface area contributed by atoms with Gasteiger partial charge in [-0.1, -0.05) is 24.3 Å². The number of hydrogen-bond donors (Lipinski definition) is 1. The van der Waals surface area contributed by atoms with E-state index in [9.17, 15) is 5.11 Å². The molecule has 1 aromatic carbocycles. The Balaban J connectivity index is 2.16. The van der Waals surface area contributed by atoms with Crippen molar-refractivity contribution in [3.8, 4) is 0 Å². The van der Waals surface area contributed by atoms with Gasteiger partial charge in [-0.2, -0.15) is 0 Å². The quantitative estimate of drug-likeness (QED) is 0.825. The fourth-order valence-corrected chi connectivity index (χ4v) is 2.63. The molecule has 16 heavy (non-hydrogen) atoms. The fraction of sp³-hybridized carbons (Fsp3) is 0.571. The molecule has 1 heterocycles. The molecule has 2 nitrogen and oxygen atoms in total. The standard InChI is InChI=1S/C14H21NO/c1-15-9-4-6-12(8-10-15)14-7-3-2-5-13(14)11-16/h2-3,5,7,12,16H,4,6,8-11H2,1H3. The Morgan fingerprint density at radius 2 is 2.06 bits per heavy atom. The predicted octanol–water partition coefficient (Wildman–Crippen LogP) is 2.38. The average Bonchev–Trinajstić information content (AvgIpc) is 2.54. The molecule has 0 bridgehead atoms. The van der Waals surface area contributed by atoms with E-state index in [1.807, 2.05) is 12.1 Å². The molecule has 1 aliphatic heterocycles. The lowest BCUT2D eigenvalue weighted by Gasteiger charge is -2.18. The van der Waals surface area contributed by atoms with Gasteiger partial charge in [0.05, 0.1) is 6.61 Å². The third kappa shape index (κ3) is 2.63. The van der Waals surface area contributed by atoms with Crippen LogP contribution in [0.3, 0.4) is 0 Å². The summed E-state index contributed by atoms with van der Waals surface area (Å²) in [5.74, 6) is 0.633. The first-order valence-corrected chi connectivity index (χ1v) is 6.18. The van der Waals surface area contributed by atoms with Crippen molar-refractivity contribution in [3.63, 3.8) is 0 Å². The summed E-state index contributed by atoms with van der Waals surface area (Å²) in [5, 5.41) is 9.36. The number of hydrogen-bond acceptors (Lipinski definition) is 2. The molecule has 1 aromatic rings. The lowest BCUT2D eigenvalue weighted by Crippen LogP contribution is -2.18. The van der Waals surface area contributed by atoms with Crippen LogP contribution in [0, 0.1) is 0 Å². The highest BCUT2D eigenvalue weighted by Gasteiger charge is 2.18. The minimum atomic E-state index is 0.169. The highest BCUT2D eigenvalue weighted by Crippen LogP contribution is 2.30. The molecule has 88 valence electrons. The van der Waals surface area contributed by atoms with Gasteiger partial charge in [0.25, 0.3) is 0 Å². The summed E-state index contributed by atoms with van der Waals surface area (Å²) in [5.41, 5.74) is 2.47. The summed E-state index contributed by atoms with van der Waals surface area (Å²) in [6.07, 6.45) is 3.73. The van der Waals surface area contributed by atoms with Crippen molar-refractivity contribution in [2.45, 2.75) is 31.8 Å². The lowest BCUT2D eigenvalue weighted by atomic mass is 9.89. The van der Waals surface area contributed by atoms with Crippen LogP contribution in [0.25, 0.3) is 0 Å². The van der Waals surface area contributed by atoms with Crippen LogP contribution in [0.1, 0.15) is 36.3 Å². The molecule has 1 unspecified atom stereocenters. The predicted molar refractivity (Wildman–Crippen MR) is 66.5 cm³/mol. The van der Waals surface area contributed by atoms with Crippen molar-refractivity contribution in [3.05, 3.63) is 35.4 Å². The van der Waals surface area contributed by atoms with Crippen LogP contribution in [0.5, 0.6) is 0 Å². The van der Waals surface area contributed by atoms with Gasteiger partial charge in [-0.15, -0.1) is 0 Å². The van der Waals surface area contributed by atoms with E-state index in [1.165, 1.54) is 37.9 Å². The molecule has 1 saturated heterocycles. The van der Waals surface area contributed by atoms with Crippen molar-refractivity contribution in [1.82, 2.24) is 4.90 Å². The Hall–Kier alpha value is -0.860. The molecular weight excluding hydrogens is 198 g/mol. The van der Waals surface area contributed by atoms with Crippen molar-refractivity contribution < 1.29 is 5.11 Å². The van der Waals surface area contributed by atoms with Gasteiger partial charge in [-0.3, -0.25) is 0 Å². The first-order chi connectivity index (χ1) is 7.81. The van der Waals surface area contributed by atoms with Crippen LogP contribution in [0.2, 0.25) is 0 Å². The van der Waals surface area contributed by atoms with Gasteiger partial charge in [0.1, 0.15) is 0 Å². The monoisotopic (exact) mass is 219 g/mol. The number of nitrogens with zero attached hydrogens (tertiary/aromatic N) is 1. The van der Waals surface area contributed by atoms with Crippen molar-refractivity contribution >= 4 is 0 Å². The molecule has 0 saturated carbocycles. The molecule has 1 N–H and O–H groups in total. The normalized spacial score (nSPS) is 23.0. The first kappa shape index (κ1) is 11.6. The Morgan fingerprint density at radius 3 is 2.88 bits per heavy atom. The number of benzene rings is 1. The summed E-state index contributed by atoms with van der Waals surface area (Å²) < 4.78 is 0. The van der Waals surface area contributed by atoms with E-state index >= 15 is 0 Å². The molecule has 0 spiro atoms. The van der Waals surface area contributed by atoms with Gasteiger partial charge in [0, 0.05) is 0 Å². The molecule has 2 heteroatoms. The highest BCUT2D eigenvalue weighted by atomic mass is 16.3. The number of rotatable bonds is 2. The summed E-state index contributed by atoms with van der Waals surface area (Å²) in [7, 11) is 2.19. The first-order valence-electron chi connectivity index (χ1n) is 6.18. The molecule has 1 atom stereocenters. The van der Waals surface area contributed by atoms with Gasteiger partial charge < -0.3 is 10.0 Å². The van der Waals surface area contributed by atoms with Crippen molar-refractivity contribution in [2.75, 3.05) is 20.1 Å². The summed E-state index contributed by atoms with van der Waals surface area (Å²) in [4.78, 5) is 2.40. The lowest BCUT2D eigenvalue weighted by molar-refractivity contribution is 0.279. The minimum absolute atomic E-state index is 0.169. The third-order valence-electron chi connectivity index (χ3n) is 3.62. The maximum Gasteiger partial charge on any atom is 0.0684 e. The minimum Gasteiger partial charge on any atom is -0.392 e. The second kappa shape index (κ2) is 5.46. The molecule has 0 amide bonds. The zero-order valence-electron chi connectivity index (χ0n) is 10.0. The van der Waals surface area contributed by atoms with E-state index in [2.05, 4.69) is 24.1 Å². The van der Waals surface area contributed by atoms with Gasteiger partial charge >= 0.3 is 0 Å². The molecular formula is C14H21NO. The van der Waals surface area contributed by atoms with Gasteiger partial charge in [0.2, 0.25) is 0 Å².